The standard InChI is InChI=1S/C27H23B2BrF4N4O5S/c1-2-40-25(39)17(42-23-20-21(30)22(16-7-8-19(31)41-16)44-24(20)36-13-35-23)11-14-5-3-4-6-15(14)43-27(28,29)18-9-10-37-38(18)12-26(32,33)34/h3-10,13,17H,2,11-12,28-29H2,1H3/t17-/m1/s1. The maximum Gasteiger partial charge on any atom is 0.408 e. The van der Waals surface area contributed by atoms with Gasteiger partial charge in [0.1, 0.15) is 29.2 Å². The van der Waals surface area contributed by atoms with Gasteiger partial charge in [0.15, 0.2) is 15.7 Å². The highest BCUT2D eigenvalue weighted by molar-refractivity contribution is 9.10. The number of rotatable bonds is 11. The predicted octanol–water partition coefficient (Wildman–Crippen LogP) is 4.62. The molecule has 0 fully saturated rings. The number of nitrogens with zero attached hydrogens (tertiary/aromatic N) is 4. The summed E-state index contributed by atoms with van der Waals surface area (Å²) in [4.78, 5) is 22.7. The zero-order valence-electron chi connectivity index (χ0n) is 23.5. The number of para-hydroxylation sites is 1. The van der Waals surface area contributed by atoms with Crippen molar-refractivity contribution in [1.82, 2.24) is 19.7 Å². The summed E-state index contributed by atoms with van der Waals surface area (Å²) in [5, 5.41) is 3.03. The molecule has 0 aliphatic rings. The van der Waals surface area contributed by atoms with Gasteiger partial charge in [0.2, 0.25) is 12.0 Å². The van der Waals surface area contributed by atoms with E-state index < -0.39 is 36.2 Å². The average Bonchev–Trinajstić information content (AvgIpc) is 3.68. The molecule has 9 nitrogen and oxygen atoms in total. The molecule has 0 saturated heterocycles. The van der Waals surface area contributed by atoms with E-state index in [0.29, 0.717) is 30.9 Å². The van der Waals surface area contributed by atoms with Crippen LogP contribution in [0.3, 0.4) is 0 Å². The number of carbonyl (C=O) groups is 1. The molecule has 17 heteroatoms. The molecular formula is C27H23B2BrF4N4O5S. The highest BCUT2D eigenvalue weighted by atomic mass is 79.9. The molecule has 1 atom stereocenters. The van der Waals surface area contributed by atoms with Crippen LogP contribution in [0.1, 0.15) is 18.2 Å². The van der Waals surface area contributed by atoms with Gasteiger partial charge in [-0.05, 0) is 46.6 Å². The summed E-state index contributed by atoms with van der Waals surface area (Å²) in [6, 6.07) is 10.2. The molecule has 1 aromatic carbocycles. The van der Waals surface area contributed by atoms with Crippen molar-refractivity contribution in [3.05, 3.63) is 76.7 Å². The quantitative estimate of drug-likeness (QED) is 0.112. The van der Waals surface area contributed by atoms with Gasteiger partial charge in [0, 0.05) is 18.7 Å². The molecule has 0 spiro atoms. The van der Waals surface area contributed by atoms with E-state index in [0.717, 1.165) is 4.68 Å². The van der Waals surface area contributed by atoms with E-state index in [-0.39, 0.29) is 30.4 Å². The molecule has 0 unspecified atom stereocenters. The van der Waals surface area contributed by atoms with Gasteiger partial charge in [-0.15, -0.1) is 11.3 Å². The van der Waals surface area contributed by atoms with E-state index in [1.54, 1.807) is 46.9 Å². The number of aromatic nitrogens is 4. The van der Waals surface area contributed by atoms with Crippen LogP contribution in [0.15, 0.2) is 63.9 Å². The SMILES string of the molecule is BC(B)(Oc1ccccc1C[C@@H](Oc1ncnc2sc(-c3ccc(F)o3)c(Br)c12)C(=O)OCC)c1ccnn1CC(F)(F)F. The number of esters is 1. The third kappa shape index (κ3) is 6.93. The summed E-state index contributed by atoms with van der Waals surface area (Å²) in [6.07, 6.45) is -3.15. The summed E-state index contributed by atoms with van der Waals surface area (Å²) >= 11 is 4.73. The van der Waals surface area contributed by atoms with Gasteiger partial charge in [-0.3, -0.25) is 4.68 Å². The van der Waals surface area contributed by atoms with Crippen molar-refractivity contribution >= 4 is 59.1 Å². The van der Waals surface area contributed by atoms with Gasteiger partial charge >= 0.3 is 12.1 Å². The highest BCUT2D eigenvalue weighted by Crippen LogP contribution is 2.45. The molecular weight excluding hydrogens is 670 g/mol. The van der Waals surface area contributed by atoms with E-state index in [9.17, 15) is 22.4 Å². The minimum atomic E-state index is -4.47. The number of hydrogen-bond acceptors (Lipinski definition) is 9. The van der Waals surface area contributed by atoms with Crippen LogP contribution >= 0.6 is 27.3 Å². The van der Waals surface area contributed by atoms with Crippen molar-refractivity contribution < 1.29 is 41.0 Å². The molecule has 0 aliphatic carbocycles. The molecule has 4 heterocycles. The normalized spacial score (nSPS) is 12.8. The minimum absolute atomic E-state index is 0.0313. The first-order chi connectivity index (χ1) is 20.9. The van der Waals surface area contributed by atoms with Crippen LogP contribution in [0.2, 0.25) is 0 Å². The average molecular weight is 693 g/mol. The van der Waals surface area contributed by atoms with Crippen LogP contribution in [-0.2, 0) is 27.9 Å². The van der Waals surface area contributed by atoms with Crippen molar-refractivity contribution in [2.75, 3.05) is 6.61 Å². The fraction of sp³-hybridized carbons (Fsp3) is 0.259. The molecule has 5 rings (SSSR count). The van der Waals surface area contributed by atoms with Crippen LogP contribution in [0.5, 0.6) is 11.6 Å². The van der Waals surface area contributed by atoms with E-state index in [4.69, 9.17) is 18.6 Å². The second-order valence-corrected chi connectivity index (χ2v) is 11.8. The van der Waals surface area contributed by atoms with Crippen LogP contribution in [0.25, 0.3) is 20.9 Å². The lowest BCUT2D eigenvalue weighted by Crippen LogP contribution is -2.38. The lowest BCUT2D eigenvalue weighted by Gasteiger charge is -2.30. The molecule has 0 radical (unpaired) electrons. The monoisotopic (exact) mass is 692 g/mol. The van der Waals surface area contributed by atoms with Crippen molar-refractivity contribution in [2.45, 2.75) is 37.6 Å². The van der Waals surface area contributed by atoms with Gasteiger partial charge in [-0.2, -0.15) is 22.7 Å². The Morgan fingerprint density at radius 1 is 1.16 bits per heavy atom. The summed E-state index contributed by atoms with van der Waals surface area (Å²) in [5.41, 5.74) is 0.739. The highest BCUT2D eigenvalue weighted by Gasteiger charge is 2.35. The Morgan fingerprint density at radius 2 is 1.93 bits per heavy atom. The number of alkyl halides is 3. The van der Waals surface area contributed by atoms with Crippen LogP contribution in [0.4, 0.5) is 17.6 Å². The smallest absolute Gasteiger partial charge is 0.408 e. The molecule has 4 aromatic heterocycles. The summed E-state index contributed by atoms with van der Waals surface area (Å²) < 4.78 is 77.3. The van der Waals surface area contributed by atoms with Crippen molar-refractivity contribution in [3.63, 3.8) is 0 Å². The Labute approximate surface area is 262 Å². The van der Waals surface area contributed by atoms with Crippen molar-refractivity contribution in [2.24, 2.45) is 0 Å². The Balaban J connectivity index is 1.46. The zero-order chi connectivity index (χ0) is 31.6. The van der Waals surface area contributed by atoms with Gasteiger partial charge in [-0.1, -0.05) is 18.2 Å². The Hall–Kier alpha value is -3.85. The number of thiophene rings is 1. The lowest BCUT2D eigenvalue weighted by atomic mass is 9.63. The van der Waals surface area contributed by atoms with Gasteiger partial charge in [-0.25, -0.2) is 14.8 Å². The fourth-order valence-corrected chi connectivity index (χ4v) is 6.45. The van der Waals surface area contributed by atoms with Crippen LogP contribution in [0, 0.1) is 6.01 Å². The number of hydrogen-bond donors (Lipinski definition) is 0. The summed E-state index contributed by atoms with van der Waals surface area (Å²) in [7, 11) is 3.25. The van der Waals surface area contributed by atoms with Gasteiger partial charge in [0.05, 0.1) is 32.4 Å². The number of halogens is 5. The molecule has 0 saturated carbocycles. The number of furan rings is 1. The van der Waals surface area contributed by atoms with E-state index in [2.05, 4.69) is 31.0 Å². The third-order valence-corrected chi connectivity index (χ3v) is 8.57. The first-order valence-electron chi connectivity index (χ1n) is 13.2. The molecule has 0 N–H and O–H groups in total. The largest absolute Gasteiger partial charge is 0.499 e. The molecule has 0 bridgehead atoms. The maximum absolute atomic E-state index is 13.6. The Kier molecular flexibility index (Phi) is 9.07. The molecule has 0 aliphatic heterocycles. The van der Waals surface area contributed by atoms with E-state index >= 15 is 0 Å². The van der Waals surface area contributed by atoms with Crippen molar-refractivity contribution in [1.29, 1.82) is 0 Å². The molecule has 44 heavy (non-hydrogen) atoms. The zero-order valence-corrected chi connectivity index (χ0v) is 25.9. The van der Waals surface area contributed by atoms with E-state index in [1.807, 2.05) is 0 Å². The topological polar surface area (TPSA) is 102 Å². The second kappa shape index (κ2) is 12.6. The first-order valence-corrected chi connectivity index (χ1v) is 14.8. The van der Waals surface area contributed by atoms with E-state index in [1.165, 1.54) is 42.1 Å². The number of ether oxygens (including phenoxy) is 3. The predicted molar refractivity (Wildman–Crippen MR) is 162 cm³/mol. The fourth-order valence-electron chi connectivity index (χ4n) is 4.54. The maximum atomic E-state index is 13.6. The summed E-state index contributed by atoms with van der Waals surface area (Å²) in [6.45, 7) is 0.471. The third-order valence-electron chi connectivity index (χ3n) is 6.40. The lowest BCUT2D eigenvalue weighted by molar-refractivity contribution is -0.151. The second-order valence-electron chi connectivity index (χ2n) is 9.98. The number of fused-ring (bicyclic) bond motifs is 1. The number of benzene rings is 1. The summed E-state index contributed by atoms with van der Waals surface area (Å²) in [5.74, 6) is -0.00197. The molecule has 0 amide bonds. The van der Waals surface area contributed by atoms with Gasteiger partial charge < -0.3 is 18.6 Å². The Morgan fingerprint density at radius 3 is 2.64 bits per heavy atom. The van der Waals surface area contributed by atoms with Gasteiger partial charge in [0.25, 0.3) is 6.01 Å². The number of carbonyl (C=O) groups excluding carboxylic acids is 1. The van der Waals surface area contributed by atoms with Crippen LogP contribution < -0.4 is 9.47 Å². The Bertz CT molecular complexity index is 1800. The van der Waals surface area contributed by atoms with Crippen molar-refractivity contribution in [3.8, 4) is 22.3 Å². The van der Waals surface area contributed by atoms with Crippen LogP contribution in [-0.4, -0.2) is 60.3 Å². The first kappa shape index (κ1) is 31.6. The minimum Gasteiger partial charge on any atom is -0.499 e. The molecule has 228 valence electrons. The molecule has 5 aromatic rings.